The van der Waals surface area contributed by atoms with Crippen LogP contribution in [0.15, 0.2) is 24.3 Å². The maximum atomic E-state index is 10.3. The lowest BCUT2D eigenvalue weighted by Gasteiger charge is -2.26. The predicted octanol–water partition coefficient (Wildman–Crippen LogP) is 5.08. The molecule has 0 saturated carbocycles. The highest BCUT2D eigenvalue weighted by molar-refractivity contribution is 6.48. The van der Waals surface area contributed by atoms with Crippen LogP contribution in [0, 0.1) is 0 Å². The Labute approximate surface area is 216 Å². The van der Waals surface area contributed by atoms with Gasteiger partial charge < -0.3 is 24.8 Å². The summed E-state index contributed by atoms with van der Waals surface area (Å²) in [5, 5.41) is 31.3. The molecule has 2 unspecified atom stereocenters. The lowest BCUT2D eigenvalue weighted by atomic mass is 10.2. The molecular weight excluding hydrogens is 547 g/mol. The molecule has 0 aliphatic carbocycles. The van der Waals surface area contributed by atoms with Gasteiger partial charge in [-0.3, -0.25) is 4.90 Å². The van der Waals surface area contributed by atoms with E-state index in [0.29, 0.717) is 11.5 Å². The maximum Gasteiger partial charge on any atom is 0.122 e. The van der Waals surface area contributed by atoms with Crippen molar-refractivity contribution in [2.24, 2.45) is 0 Å². The molecule has 0 heterocycles. The van der Waals surface area contributed by atoms with E-state index in [1.807, 2.05) is 0 Å². The van der Waals surface area contributed by atoms with Crippen molar-refractivity contribution < 1.29 is 24.8 Å². The number of hydrogen-bond donors (Lipinski definition) is 3. The fourth-order valence-corrected chi connectivity index (χ4v) is 3.87. The summed E-state index contributed by atoms with van der Waals surface area (Å²) in [7, 11) is 0. The predicted molar refractivity (Wildman–Crippen MR) is 129 cm³/mol. The number of hydrogen-bond acceptors (Lipinski definition) is 6. The van der Waals surface area contributed by atoms with E-state index in [1.165, 1.54) is 24.3 Å². The van der Waals surface area contributed by atoms with Crippen molar-refractivity contribution in [3.8, 4) is 11.5 Å². The molecule has 12 heteroatoms. The van der Waals surface area contributed by atoms with E-state index in [2.05, 4.69) is 0 Å². The second-order valence-electron chi connectivity index (χ2n) is 6.81. The van der Waals surface area contributed by atoms with E-state index < -0.39 is 12.2 Å². The number of nitrogens with zero attached hydrogens (tertiary/aromatic N) is 1. The molecular formula is C20H21Cl6NO5. The first-order chi connectivity index (χ1) is 15.1. The van der Waals surface area contributed by atoms with Gasteiger partial charge in [0.2, 0.25) is 0 Å². The molecule has 2 rings (SSSR count). The van der Waals surface area contributed by atoms with Gasteiger partial charge in [-0.05, 0) is 0 Å². The maximum absolute atomic E-state index is 10.3. The third-order valence-corrected chi connectivity index (χ3v) is 6.55. The second-order valence-corrected chi connectivity index (χ2v) is 9.20. The molecule has 6 nitrogen and oxygen atoms in total. The molecule has 0 bridgehead atoms. The summed E-state index contributed by atoms with van der Waals surface area (Å²) < 4.78 is 11.0. The van der Waals surface area contributed by atoms with Crippen LogP contribution in [0.5, 0.6) is 11.5 Å². The van der Waals surface area contributed by atoms with Crippen LogP contribution in [0.25, 0.3) is 0 Å². The summed E-state index contributed by atoms with van der Waals surface area (Å²) in [4.78, 5) is 1.67. The molecule has 0 radical (unpaired) electrons. The molecule has 178 valence electrons. The third kappa shape index (κ3) is 8.76. The van der Waals surface area contributed by atoms with Crippen molar-refractivity contribution in [2.45, 2.75) is 12.2 Å². The molecule has 0 spiro atoms. The van der Waals surface area contributed by atoms with Gasteiger partial charge in [0, 0.05) is 43.9 Å². The Morgan fingerprint density at radius 1 is 0.688 bits per heavy atom. The van der Waals surface area contributed by atoms with Crippen molar-refractivity contribution in [3.63, 3.8) is 0 Å². The standard InChI is InChI=1S/C20H21Cl6NO5/c21-15-3-13(4-16(22)19(15)25)31-9-11(29)7-27(1-2-28)8-12(30)10-32-14-5-17(23)20(26)18(24)6-14/h3-6,11-12,28-30H,1-2,7-10H2. The molecule has 0 fully saturated rings. The second kappa shape index (κ2) is 13.5. The highest BCUT2D eigenvalue weighted by atomic mass is 35.5. The summed E-state index contributed by atoms with van der Waals surface area (Å²) >= 11 is 35.6. The summed E-state index contributed by atoms with van der Waals surface area (Å²) in [6.07, 6.45) is -1.84. The van der Waals surface area contributed by atoms with Gasteiger partial charge in [-0.1, -0.05) is 69.6 Å². The summed E-state index contributed by atoms with van der Waals surface area (Å²) in [5.74, 6) is 0.705. The number of halogens is 6. The fraction of sp³-hybridized carbons (Fsp3) is 0.400. The van der Waals surface area contributed by atoms with Gasteiger partial charge in [0.05, 0.1) is 36.7 Å². The topological polar surface area (TPSA) is 82.4 Å². The Bertz CT molecular complexity index is 787. The molecule has 32 heavy (non-hydrogen) atoms. The van der Waals surface area contributed by atoms with Crippen LogP contribution in [0.3, 0.4) is 0 Å². The van der Waals surface area contributed by atoms with Gasteiger partial charge in [-0.15, -0.1) is 0 Å². The van der Waals surface area contributed by atoms with E-state index in [-0.39, 0.29) is 69.6 Å². The normalized spacial score (nSPS) is 13.3. The Hall–Kier alpha value is -0.380. The minimum absolute atomic E-state index is 0.0649. The minimum atomic E-state index is -0.920. The monoisotopic (exact) mass is 565 g/mol. The first-order valence-electron chi connectivity index (χ1n) is 9.34. The summed E-state index contributed by atoms with van der Waals surface area (Å²) in [6, 6.07) is 5.96. The lowest BCUT2D eigenvalue weighted by molar-refractivity contribution is 0.0256. The van der Waals surface area contributed by atoms with Gasteiger partial charge in [0.25, 0.3) is 0 Å². The van der Waals surface area contributed by atoms with Crippen molar-refractivity contribution in [2.75, 3.05) is 39.5 Å². The van der Waals surface area contributed by atoms with E-state index in [0.717, 1.165) is 0 Å². The molecule has 0 amide bonds. The minimum Gasteiger partial charge on any atom is -0.491 e. The number of aliphatic hydroxyl groups is 3. The van der Waals surface area contributed by atoms with Gasteiger partial charge in [-0.25, -0.2) is 0 Å². The molecule has 2 atom stereocenters. The molecule has 0 saturated heterocycles. The zero-order chi connectivity index (χ0) is 23.8. The van der Waals surface area contributed by atoms with E-state index in [9.17, 15) is 15.3 Å². The van der Waals surface area contributed by atoms with Crippen molar-refractivity contribution in [3.05, 3.63) is 54.4 Å². The number of rotatable bonds is 12. The highest BCUT2D eigenvalue weighted by Gasteiger charge is 2.18. The number of aliphatic hydroxyl groups excluding tert-OH is 3. The molecule has 0 aliphatic rings. The lowest BCUT2D eigenvalue weighted by Crippen LogP contribution is -2.42. The van der Waals surface area contributed by atoms with E-state index in [1.54, 1.807) is 4.90 Å². The van der Waals surface area contributed by atoms with E-state index >= 15 is 0 Å². The van der Waals surface area contributed by atoms with Gasteiger partial charge >= 0.3 is 0 Å². The van der Waals surface area contributed by atoms with Crippen LogP contribution >= 0.6 is 69.6 Å². The van der Waals surface area contributed by atoms with Crippen LogP contribution in [0.1, 0.15) is 0 Å². The van der Waals surface area contributed by atoms with Gasteiger partial charge in [-0.2, -0.15) is 0 Å². The van der Waals surface area contributed by atoms with E-state index in [4.69, 9.17) is 79.1 Å². The fourth-order valence-electron chi connectivity index (χ4n) is 2.72. The third-order valence-electron chi connectivity index (χ3n) is 4.15. The Morgan fingerprint density at radius 2 is 1.03 bits per heavy atom. The largest absolute Gasteiger partial charge is 0.491 e. The zero-order valence-electron chi connectivity index (χ0n) is 16.6. The Kier molecular flexibility index (Phi) is 11.7. The van der Waals surface area contributed by atoms with Gasteiger partial charge in [0.1, 0.15) is 36.9 Å². The first-order valence-corrected chi connectivity index (χ1v) is 11.6. The first kappa shape index (κ1) is 27.9. The van der Waals surface area contributed by atoms with Crippen molar-refractivity contribution in [1.82, 2.24) is 4.90 Å². The van der Waals surface area contributed by atoms with Crippen LogP contribution in [0.4, 0.5) is 0 Å². The quantitative estimate of drug-likeness (QED) is 0.310. The Balaban J connectivity index is 1.85. The van der Waals surface area contributed by atoms with Crippen LogP contribution in [0.2, 0.25) is 30.1 Å². The molecule has 0 aliphatic heterocycles. The average Bonchev–Trinajstić information content (AvgIpc) is 2.72. The van der Waals surface area contributed by atoms with Crippen LogP contribution < -0.4 is 9.47 Å². The number of ether oxygens (including phenoxy) is 2. The number of benzene rings is 2. The zero-order valence-corrected chi connectivity index (χ0v) is 21.1. The van der Waals surface area contributed by atoms with Crippen LogP contribution in [-0.4, -0.2) is 71.9 Å². The van der Waals surface area contributed by atoms with Crippen molar-refractivity contribution in [1.29, 1.82) is 0 Å². The smallest absolute Gasteiger partial charge is 0.122 e. The molecule has 2 aromatic rings. The summed E-state index contributed by atoms with van der Waals surface area (Å²) in [6.45, 7) is 0.197. The van der Waals surface area contributed by atoms with Crippen LogP contribution in [-0.2, 0) is 0 Å². The molecule has 0 aromatic heterocycles. The highest BCUT2D eigenvalue weighted by Crippen LogP contribution is 2.35. The molecule has 3 N–H and O–H groups in total. The van der Waals surface area contributed by atoms with Crippen molar-refractivity contribution >= 4 is 69.6 Å². The average molecular weight is 568 g/mol. The Morgan fingerprint density at radius 3 is 1.34 bits per heavy atom. The SMILES string of the molecule is OCCN(CC(O)COc1cc(Cl)c(Cl)c(Cl)c1)CC(O)COc1cc(Cl)c(Cl)c(Cl)c1. The summed E-state index contributed by atoms with van der Waals surface area (Å²) in [5.41, 5.74) is 0. The molecule has 2 aromatic carbocycles. The van der Waals surface area contributed by atoms with Gasteiger partial charge in [0.15, 0.2) is 0 Å².